The van der Waals surface area contributed by atoms with Crippen LogP contribution in [-0.4, -0.2) is 50.9 Å². The number of thiazole rings is 1. The third kappa shape index (κ3) is 5.45. The molecule has 1 aromatic heterocycles. The predicted octanol–water partition coefficient (Wildman–Crippen LogP) is 4.59. The minimum absolute atomic E-state index is 0.0542. The highest BCUT2D eigenvalue weighted by Crippen LogP contribution is 2.46. The van der Waals surface area contributed by atoms with Gasteiger partial charge in [0.25, 0.3) is 0 Å². The number of hydrogen-bond donors (Lipinski definition) is 2. The van der Waals surface area contributed by atoms with Crippen molar-refractivity contribution in [3.63, 3.8) is 0 Å². The molecule has 7 nitrogen and oxygen atoms in total. The van der Waals surface area contributed by atoms with Crippen molar-refractivity contribution in [2.75, 3.05) is 0 Å². The number of rotatable bonds is 1. The number of fused-ring (bicyclic) bond motifs is 2. The van der Waals surface area contributed by atoms with Gasteiger partial charge in [0.15, 0.2) is 0 Å². The summed E-state index contributed by atoms with van der Waals surface area (Å²) < 4.78 is 13.0. The Balaban J connectivity index is 1.60. The van der Waals surface area contributed by atoms with Gasteiger partial charge in [-0.2, -0.15) is 0 Å². The first-order chi connectivity index (χ1) is 16.4. The van der Waals surface area contributed by atoms with E-state index in [0.717, 1.165) is 35.0 Å². The maximum atomic E-state index is 13.2. The SMILES string of the molecule is CC1CCCC2(C)OC2CC(c2ccc3scnc3c2)OC(=O)CC(O)C(C)(C)C(=O)C(C)C1O. The number of esters is 1. The van der Waals surface area contributed by atoms with Crippen molar-refractivity contribution >= 4 is 33.3 Å². The molecule has 4 rings (SSSR count). The fraction of sp³-hybridized carbons (Fsp3) is 0.667. The molecule has 2 aromatic rings. The van der Waals surface area contributed by atoms with Crippen LogP contribution in [0.4, 0.5) is 0 Å². The van der Waals surface area contributed by atoms with Crippen LogP contribution in [-0.2, 0) is 19.1 Å². The fourth-order valence-electron chi connectivity index (χ4n) is 5.29. The van der Waals surface area contributed by atoms with E-state index in [4.69, 9.17) is 9.47 Å². The monoisotopic (exact) mass is 503 g/mol. The van der Waals surface area contributed by atoms with Crippen molar-refractivity contribution in [2.24, 2.45) is 17.3 Å². The van der Waals surface area contributed by atoms with Crippen LogP contribution in [0.15, 0.2) is 23.7 Å². The number of aliphatic hydroxyl groups excluding tert-OH is 2. The third-order valence-electron chi connectivity index (χ3n) is 8.13. The molecule has 2 fully saturated rings. The number of carbonyl (C=O) groups is 2. The van der Waals surface area contributed by atoms with Gasteiger partial charge in [0.2, 0.25) is 0 Å². The average Bonchev–Trinajstić information content (AvgIpc) is 3.21. The summed E-state index contributed by atoms with van der Waals surface area (Å²) in [4.78, 5) is 30.6. The predicted molar refractivity (Wildman–Crippen MR) is 134 cm³/mol. The number of benzene rings is 1. The summed E-state index contributed by atoms with van der Waals surface area (Å²) in [5, 5.41) is 21.7. The Morgan fingerprint density at radius 2 is 1.89 bits per heavy atom. The summed E-state index contributed by atoms with van der Waals surface area (Å²) in [7, 11) is 0. The smallest absolute Gasteiger partial charge is 0.309 e. The zero-order valence-electron chi connectivity index (χ0n) is 21.2. The molecule has 2 N–H and O–H groups in total. The standard InChI is InChI=1S/C27H37NO6S/c1-15-7-6-10-27(5)22(34-27)12-19(17-8-9-20-18(11-17)28-14-35-20)33-23(30)13-21(29)26(3,4)25(32)16(2)24(15)31/h8-9,11,14-16,19,21-22,24,29,31H,6-7,10,12-13H2,1-5H3. The molecule has 0 spiro atoms. The highest BCUT2D eigenvalue weighted by Gasteiger charge is 2.53. The minimum Gasteiger partial charge on any atom is -0.457 e. The van der Waals surface area contributed by atoms with Crippen LogP contribution in [0.1, 0.15) is 78.4 Å². The van der Waals surface area contributed by atoms with Gasteiger partial charge >= 0.3 is 5.97 Å². The first-order valence-electron chi connectivity index (χ1n) is 12.5. The molecule has 8 heteroatoms. The number of nitrogens with zero attached hydrogens (tertiary/aromatic N) is 1. The van der Waals surface area contributed by atoms with E-state index in [1.165, 1.54) is 0 Å². The number of carbonyl (C=O) groups excluding carboxylic acids is 2. The lowest BCUT2D eigenvalue weighted by Gasteiger charge is -2.34. The van der Waals surface area contributed by atoms with Gasteiger partial charge in [0, 0.05) is 12.3 Å². The Labute approximate surface area is 210 Å². The van der Waals surface area contributed by atoms with Crippen molar-refractivity contribution < 1.29 is 29.3 Å². The summed E-state index contributed by atoms with van der Waals surface area (Å²) in [6.07, 6.45) is 0.000632. The maximum absolute atomic E-state index is 13.2. The Bertz CT molecular complexity index is 1080. The normalized spacial score (nSPS) is 37.0. The molecule has 0 saturated carbocycles. The van der Waals surface area contributed by atoms with E-state index in [2.05, 4.69) is 11.9 Å². The molecular weight excluding hydrogens is 466 g/mol. The van der Waals surface area contributed by atoms with Crippen molar-refractivity contribution in [3.05, 3.63) is 29.3 Å². The molecule has 2 aliphatic rings. The van der Waals surface area contributed by atoms with Gasteiger partial charge in [-0.15, -0.1) is 11.3 Å². The van der Waals surface area contributed by atoms with E-state index in [9.17, 15) is 19.8 Å². The van der Waals surface area contributed by atoms with Crippen LogP contribution >= 0.6 is 11.3 Å². The summed E-state index contributed by atoms with van der Waals surface area (Å²) in [5.41, 5.74) is 1.97. The van der Waals surface area contributed by atoms with Crippen LogP contribution in [0.5, 0.6) is 0 Å². The van der Waals surface area contributed by atoms with Crippen molar-refractivity contribution in [3.8, 4) is 0 Å². The number of Topliss-reactive ketones (excluding diaryl/α,β-unsaturated/α-hetero) is 1. The molecule has 192 valence electrons. The minimum atomic E-state index is -1.23. The highest BCUT2D eigenvalue weighted by molar-refractivity contribution is 7.16. The van der Waals surface area contributed by atoms with E-state index in [1.54, 1.807) is 37.6 Å². The van der Waals surface area contributed by atoms with Gasteiger partial charge in [-0.05, 0) is 43.4 Å². The summed E-state index contributed by atoms with van der Waals surface area (Å²) in [6.45, 7) is 8.98. The molecule has 2 saturated heterocycles. The highest BCUT2D eigenvalue weighted by atomic mass is 32.1. The lowest BCUT2D eigenvalue weighted by Crippen LogP contribution is -2.45. The van der Waals surface area contributed by atoms with Gasteiger partial charge in [-0.25, -0.2) is 4.98 Å². The Morgan fingerprint density at radius 3 is 2.63 bits per heavy atom. The lowest BCUT2D eigenvalue weighted by atomic mass is 9.73. The van der Waals surface area contributed by atoms with Crippen LogP contribution in [0, 0.1) is 17.3 Å². The van der Waals surface area contributed by atoms with Crippen LogP contribution < -0.4 is 0 Å². The Hall–Kier alpha value is -1.87. The van der Waals surface area contributed by atoms with Gasteiger partial charge in [0.05, 0.1) is 51.5 Å². The molecule has 0 amide bonds. The second kappa shape index (κ2) is 9.88. The van der Waals surface area contributed by atoms with Crippen LogP contribution in [0.3, 0.4) is 0 Å². The summed E-state index contributed by atoms with van der Waals surface area (Å²) in [6, 6.07) is 5.87. The summed E-state index contributed by atoms with van der Waals surface area (Å²) in [5.74, 6) is -1.56. The number of hydrogen-bond acceptors (Lipinski definition) is 8. The average molecular weight is 504 g/mol. The molecule has 0 aliphatic carbocycles. The van der Waals surface area contributed by atoms with Crippen molar-refractivity contribution in [1.29, 1.82) is 0 Å². The number of aliphatic hydroxyl groups is 2. The Morgan fingerprint density at radius 1 is 1.14 bits per heavy atom. The van der Waals surface area contributed by atoms with Gasteiger partial charge in [-0.3, -0.25) is 9.59 Å². The van der Waals surface area contributed by atoms with Crippen LogP contribution in [0.2, 0.25) is 0 Å². The molecule has 1 aromatic carbocycles. The second-order valence-electron chi connectivity index (χ2n) is 11.2. The van der Waals surface area contributed by atoms with Gasteiger partial charge in [-0.1, -0.05) is 40.2 Å². The van der Waals surface area contributed by atoms with Crippen LogP contribution in [0.25, 0.3) is 10.2 Å². The van der Waals surface area contributed by atoms with Crippen molar-refractivity contribution in [1.82, 2.24) is 4.98 Å². The molecule has 0 radical (unpaired) electrons. The first-order valence-corrected chi connectivity index (χ1v) is 13.4. The van der Waals surface area contributed by atoms with Gasteiger partial charge in [0.1, 0.15) is 11.9 Å². The van der Waals surface area contributed by atoms with Gasteiger partial charge < -0.3 is 19.7 Å². The zero-order chi connectivity index (χ0) is 25.5. The molecule has 7 atom stereocenters. The zero-order valence-corrected chi connectivity index (χ0v) is 22.0. The van der Waals surface area contributed by atoms with E-state index in [-0.39, 0.29) is 29.8 Å². The third-order valence-corrected chi connectivity index (χ3v) is 8.94. The summed E-state index contributed by atoms with van der Waals surface area (Å²) >= 11 is 1.55. The first kappa shape index (κ1) is 26.2. The van der Waals surface area contributed by atoms with E-state index < -0.39 is 35.6 Å². The number of ketones is 1. The van der Waals surface area contributed by atoms with E-state index in [1.807, 2.05) is 25.1 Å². The van der Waals surface area contributed by atoms with E-state index in [0.29, 0.717) is 6.42 Å². The largest absolute Gasteiger partial charge is 0.457 e. The molecule has 3 heterocycles. The lowest BCUT2D eigenvalue weighted by molar-refractivity contribution is -0.156. The molecule has 2 aliphatic heterocycles. The Kier molecular flexibility index (Phi) is 7.40. The second-order valence-corrected chi connectivity index (χ2v) is 12.1. The topological polar surface area (TPSA) is 109 Å². The number of cyclic esters (lactones) is 1. The maximum Gasteiger partial charge on any atom is 0.309 e. The number of ether oxygens (including phenoxy) is 2. The number of aromatic nitrogens is 1. The van der Waals surface area contributed by atoms with Crippen molar-refractivity contribution in [2.45, 2.75) is 96.7 Å². The number of epoxide rings is 1. The molecular formula is C27H37NO6S. The van der Waals surface area contributed by atoms with E-state index >= 15 is 0 Å². The molecule has 7 unspecified atom stereocenters. The molecule has 35 heavy (non-hydrogen) atoms. The quantitative estimate of drug-likeness (QED) is 0.433. The fourth-order valence-corrected chi connectivity index (χ4v) is 5.95. The molecule has 0 bridgehead atoms.